The lowest BCUT2D eigenvalue weighted by Gasteiger charge is -2.33. The molecule has 12 atom stereocenters. The molecule has 12 unspecified atom stereocenters. The van der Waals surface area contributed by atoms with Gasteiger partial charge in [0.15, 0.2) is 0 Å². The van der Waals surface area contributed by atoms with Crippen molar-refractivity contribution in [3.05, 3.63) is 0 Å². The third kappa shape index (κ3) is 28.7. The van der Waals surface area contributed by atoms with Crippen LogP contribution in [0, 0.1) is 76.4 Å². The molecule has 6 saturated carbocycles. The topological polar surface area (TPSA) is 112 Å². The summed E-state index contributed by atoms with van der Waals surface area (Å²) in [4.78, 5) is 58.4. The maximum Gasteiger partial charge on any atom is 0.307 e. The number of hydrogen-bond donors (Lipinski definition) is 0. The number of ether oxygens (including phenoxy) is 4. The van der Waals surface area contributed by atoms with Gasteiger partial charge in [-0.2, -0.15) is 0 Å². The van der Waals surface area contributed by atoms with Gasteiger partial charge in [-0.1, -0.05) is 194 Å². The molecule has 1 aliphatic heterocycles. The van der Waals surface area contributed by atoms with Gasteiger partial charge in [0.1, 0.15) is 31.8 Å². The molecule has 6 aliphatic carbocycles. The van der Waals surface area contributed by atoms with Crippen LogP contribution in [-0.4, -0.2) is 99.9 Å². The van der Waals surface area contributed by atoms with Crippen molar-refractivity contribution in [1.82, 2.24) is 9.80 Å². The number of hydrogen-bond acceptors (Lipinski definition) is 10. The fourth-order valence-electron chi connectivity index (χ4n) is 15.3. The molecule has 1 heterocycles. The van der Waals surface area contributed by atoms with Crippen LogP contribution in [-0.2, 0) is 38.1 Å². The average molecular weight is 1160 g/mol. The zero-order valence-electron chi connectivity index (χ0n) is 54.4. The molecule has 7 rings (SSSR count). The van der Waals surface area contributed by atoms with Crippen molar-refractivity contribution in [2.45, 2.75) is 297 Å². The number of likely N-dealkylation sites (N-methyl/N-ethyl adjacent to an activating group) is 1. The highest BCUT2D eigenvalue weighted by molar-refractivity contribution is 5.71. The van der Waals surface area contributed by atoms with Gasteiger partial charge in [-0.15, -0.1) is 0 Å². The second-order valence-electron chi connectivity index (χ2n) is 29.7. The Morgan fingerprint density at radius 3 is 0.867 bits per heavy atom. The van der Waals surface area contributed by atoms with Crippen molar-refractivity contribution < 1.29 is 38.1 Å². The second kappa shape index (κ2) is 38.3. The van der Waals surface area contributed by atoms with Crippen molar-refractivity contribution in [1.29, 1.82) is 0 Å². The summed E-state index contributed by atoms with van der Waals surface area (Å²) in [6.07, 6.45) is 51.3. The summed E-state index contributed by atoms with van der Waals surface area (Å²) < 4.78 is 24.0. The van der Waals surface area contributed by atoms with Crippen LogP contribution in [0.15, 0.2) is 0 Å². The molecule has 0 aromatic rings. The molecule has 0 aromatic heterocycles. The largest absolute Gasteiger partial charge is 0.465 e. The normalized spacial score (nSPS) is 28.5. The average Bonchev–Trinajstić information content (AvgIpc) is 3.87. The molecule has 7 fully saturated rings. The van der Waals surface area contributed by atoms with E-state index < -0.39 is 5.41 Å². The van der Waals surface area contributed by atoms with Crippen LogP contribution >= 0.6 is 0 Å². The molecule has 478 valence electrons. The molecule has 10 nitrogen and oxygen atoms in total. The van der Waals surface area contributed by atoms with Crippen LogP contribution in [0.4, 0.5) is 0 Å². The Bertz CT molecular complexity index is 1650. The highest BCUT2D eigenvalue weighted by Crippen LogP contribution is 2.57. The second-order valence-corrected chi connectivity index (χ2v) is 29.7. The van der Waals surface area contributed by atoms with E-state index in [9.17, 15) is 19.2 Å². The Hall–Kier alpha value is -2.20. The summed E-state index contributed by atoms with van der Waals surface area (Å²) in [5, 5.41) is 0. The first kappa shape index (κ1) is 68.3. The smallest absolute Gasteiger partial charge is 0.307 e. The Balaban J connectivity index is 0.814. The zero-order chi connectivity index (χ0) is 58.5. The quantitative estimate of drug-likeness (QED) is 0.0332. The first-order valence-electron chi connectivity index (χ1n) is 36.6. The molecule has 83 heavy (non-hydrogen) atoms. The van der Waals surface area contributed by atoms with Crippen molar-refractivity contribution in [2.75, 3.05) is 66.2 Å². The molecule has 0 aromatic carbocycles. The van der Waals surface area contributed by atoms with Crippen molar-refractivity contribution in [3.8, 4) is 0 Å². The Morgan fingerprint density at radius 2 is 0.578 bits per heavy atom. The lowest BCUT2D eigenvalue weighted by molar-refractivity contribution is -0.171. The standard InChI is InChI=1S/C73H128N2O8/c1-5-8-20-29-57-44-63(57)50-66-47-60(66)32-23-14-11-17-26-35-69(76)80-53-73(56-83-72(79)38-39-75-42-40-74(4)41-43-75,54-81-70(77)36-27-18-12-15-24-33-61-48-67(61)51-64-45-58(64)30-21-9-6-2)55-82-71(78)37-28-19-13-16-25-34-62-49-68(62)52-65-46-59(65)31-22-10-7-3/h57-68H,5-56H2,1-4H3. The summed E-state index contributed by atoms with van der Waals surface area (Å²) in [6.45, 7) is 10.6. The molecule has 10 heteroatoms. The Kier molecular flexibility index (Phi) is 31.5. The zero-order valence-corrected chi connectivity index (χ0v) is 54.4. The Labute approximate surface area is 509 Å². The van der Waals surface area contributed by atoms with Gasteiger partial charge in [-0.25, -0.2) is 0 Å². The van der Waals surface area contributed by atoms with Crippen molar-refractivity contribution >= 4 is 23.9 Å². The molecule has 7 aliphatic rings. The van der Waals surface area contributed by atoms with Gasteiger partial charge in [0.2, 0.25) is 0 Å². The number of rotatable bonds is 53. The third-order valence-electron chi connectivity index (χ3n) is 22.0. The highest BCUT2D eigenvalue weighted by atomic mass is 16.6. The number of carbonyl (C=O) groups is 4. The maximum absolute atomic E-state index is 13.5. The van der Waals surface area contributed by atoms with E-state index in [2.05, 4.69) is 37.6 Å². The first-order valence-corrected chi connectivity index (χ1v) is 36.6. The number of unbranched alkanes of at least 4 members (excludes halogenated alkanes) is 18. The van der Waals surface area contributed by atoms with Gasteiger partial charge in [-0.05, 0) is 155 Å². The fraction of sp³-hybridized carbons (Fsp3) is 0.945. The van der Waals surface area contributed by atoms with E-state index >= 15 is 0 Å². The van der Waals surface area contributed by atoms with E-state index in [0.29, 0.717) is 25.8 Å². The van der Waals surface area contributed by atoms with Crippen LogP contribution in [0.2, 0.25) is 0 Å². The number of piperazine rings is 1. The predicted molar refractivity (Wildman–Crippen MR) is 338 cm³/mol. The van der Waals surface area contributed by atoms with Crippen LogP contribution in [0.5, 0.6) is 0 Å². The molecule has 0 N–H and O–H groups in total. The SMILES string of the molecule is CCCCCC1CC1CC1CC1CCCCCCCC(=O)OCC(COC(=O)CCCCCCCC1CC1CC1CC1CCCCC)(COC(=O)CCCCCCCC1CC1CC1CC1CCCCC)COC(=O)CCN1CCN(C)CC1. The molecule has 0 bridgehead atoms. The minimum Gasteiger partial charge on any atom is -0.465 e. The van der Waals surface area contributed by atoms with Gasteiger partial charge < -0.3 is 28.7 Å². The predicted octanol–water partition coefficient (Wildman–Crippen LogP) is 17.7. The number of nitrogens with zero attached hydrogens (tertiary/aromatic N) is 2. The molecule has 0 amide bonds. The van der Waals surface area contributed by atoms with E-state index in [1.165, 1.54) is 193 Å². The van der Waals surface area contributed by atoms with E-state index in [1.807, 2.05) is 0 Å². The maximum atomic E-state index is 13.5. The van der Waals surface area contributed by atoms with E-state index in [-0.39, 0.29) is 56.7 Å². The van der Waals surface area contributed by atoms with Gasteiger partial charge in [0.05, 0.1) is 6.42 Å². The molecular formula is C73H128N2O8. The molecule has 1 saturated heterocycles. The van der Waals surface area contributed by atoms with E-state index in [1.54, 1.807) is 0 Å². The van der Waals surface area contributed by atoms with Crippen molar-refractivity contribution in [2.24, 2.45) is 76.4 Å². The summed E-state index contributed by atoms with van der Waals surface area (Å²) in [5.74, 6) is 10.7. The molecular weight excluding hydrogens is 1030 g/mol. The fourth-order valence-corrected chi connectivity index (χ4v) is 15.3. The van der Waals surface area contributed by atoms with Crippen molar-refractivity contribution in [3.63, 3.8) is 0 Å². The van der Waals surface area contributed by atoms with Crippen LogP contribution in [0.1, 0.15) is 297 Å². The van der Waals surface area contributed by atoms with E-state index in [0.717, 1.165) is 155 Å². The monoisotopic (exact) mass is 1160 g/mol. The summed E-state index contributed by atoms with van der Waals surface area (Å²) in [7, 11) is 2.12. The molecule has 0 spiro atoms. The first-order chi connectivity index (χ1) is 40.5. The Morgan fingerprint density at radius 1 is 0.325 bits per heavy atom. The highest BCUT2D eigenvalue weighted by Gasteiger charge is 2.47. The van der Waals surface area contributed by atoms with Crippen LogP contribution in [0.25, 0.3) is 0 Å². The van der Waals surface area contributed by atoms with Crippen LogP contribution < -0.4 is 0 Å². The number of esters is 4. The van der Waals surface area contributed by atoms with Gasteiger partial charge in [0, 0.05) is 52.0 Å². The minimum absolute atomic E-state index is 0.162. The van der Waals surface area contributed by atoms with Gasteiger partial charge >= 0.3 is 23.9 Å². The van der Waals surface area contributed by atoms with Gasteiger partial charge in [-0.3, -0.25) is 19.2 Å². The summed E-state index contributed by atoms with van der Waals surface area (Å²) >= 11 is 0. The van der Waals surface area contributed by atoms with Gasteiger partial charge in [0.25, 0.3) is 0 Å². The summed E-state index contributed by atoms with van der Waals surface area (Å²) in [5.41, 5.74) is -1.22. The van der Waals surface area contributed by atoms with E-state index in [4.69, 9.17) is 18.9 Å². The lowest BCUT2D eigenvalue weighted by Crippen LogP contribution is -2.45. The minimum atomic E-state index is -1.22. The summed E-state index contributed by atoms with van der Waals surface area (Å²) in [6, 6.07) is 0. The number of carbonyl (C=O) groups excluding carboxylic acids is 4. The lowest BCUT2D eigenvalue weighted by atomic mass is 9.92. The van der Waals surface area contributed by atoms with Crippen LogP contribution in [0.3, 0.4) is 0 Å². The molecule has 0 radical (unpaired) electrons. The third-order valence-corrected chi connectivity index (χ3v) is 22.0.